The lowest BCUT2D eigenvalue weighted by Gasteiger charge is -2.37. The average Bonchev–Trinajstić information content (AvgIpc) is 2.89. The Morgan fingerprint density at radius 2 is 2.14 bits per heavy atom. The highest BCUT2D eigenvalue weighted by atomic mass is 16.6. The van der Waals surface area contributed by atoms with Crippen molar-refractivity contribution in [2.24, 2.45) is 5.92 Å². The number of carbonyl (C=O) groups is 1. The van der Waals surface area contributed by atoms with E-state index in [0.717, 1.165) is 26.2 Å². The molecule has 0 aliphatic carbocycles. The fourth-order valence-corrected chi connectivity index (χ4v) is 3.35. The van der Waals surface area contributed by atoms with Gasteiger partial charge in [-0.15, -0.1) is 0 Å². The number of rotatable bonds is 4. The highest BCUT2D eigenvalue weighted by Crippen LogP contribution is 2.22. The third kappa shape index (κ3) is 5.76. The van der Waals surface area contributed by atoms with E-state index in [9.17, 15) is 4.79 Å². The molecule has 5 heteroatoms. The Bertz CT molecular complexity index is 361. The summed E-state index contributed by atoms with van der Waals surface area (Å²) in [5.74, 6) is 0.489. The van der Waals surface area contributed by atoms with Gasteiger partial charge in [0.05, 0.1) is 6.10 Å². The van der Waals surface area contributed by atoms with Crippen molar-refractivity contribution < 1.29 is 14.3 Å². The van der Waals surface area contributed by atoms with E-state index in [4.69, 9.17) is 9.47 Å². The Hall–Kier alpha value is -0.810. The zero-order chi connectivity index (χ0) is 16.2. The van der Waals surface area contributed by atoms with Crippen LogP contribution >= 0.6 is 0 Å². The number of hydrogen-bond donors (Lipinski definition) is 1. The monoisotopic (exact) mass is 312 g/mol. The predicted octanol–water partition coefficient (Wildman–Crippen LogP) is 2.79. The number of piperidine rings is 1. The Labute approximate surface area is 134 Å². The summed E-state index contributed by atoms with van der Waals surface area (Å²) in [7, 11) is 0. The first-order valence-corrected chi connectivity index (χ1v) is 8.67. The smallest absolute Gasteiger partial charge is 0.407 e. The van der Waals surface area contributed by atoms with E-state index >= 15 is 0 Å². The van der Waals surface area contributed by atoms with Crippen molar-refractivity contribution in [3.8, 4) is 0 Å². The molecule has 2 fully saturated rings. The van der Waals surface area contributed by atoms with Crippen LogP contribution in [0.1, 0.15) is 53.4 Å². The van der Waals surface area contributed by atoms with E-state index in [2.05, 4.69) is 17.1 Å². The lowest BCUT2D eigenvalue weighted by Crippen LogP contribution is -2.48. The summed E-state index contributed by atoms with van der Waals surface area (Å²) >= 11 is 0. The quantitative estimate of drug-likeness (QED) is 0.867. The van der Waals surface area contributed by atoms with Crippen molar-refractivity contribution >= 4 is 6.09 Å². The molecule has 2 aliphatic heterocycles. The minimum absolute atomic E-state index is 0.141. The van der Waals surface area contributed by atoms with Crippen LogP contribution in [0, 0.1) is 5.92 Å². The Morgan fingerprint density at radius 3 is 2.77 bits per heavy atom. The van der Waals surface area contributed by atoms with Gasteiger partial charge in [0.2, 0.25) is 0 Å². The fourth-order valence-electron chi connectivity index (χ4n) is 3.35. The molecule has 0 radical (unpaired) electrons. The van der Waals surface area contributed by atoms with Crippen molar-refractivity contribution in [1.29, 1.82) is 0 Å². The van der Waals surface area contributed by atoms with Crippen LogP contribution in [0.15, 0.2) is 0 Å². The summed E-state index contributed by atoms with van der Waals surface area (Å²) in [5, 5.41) is 3.00. The molecular weight excluding hydrogens is 280 g/mol. The second kappa shape index (κ2) is 7.64. The topological polar surface area (TPSA) is 50.8 Å². The molecule has 0 aromatic carbocycles. The molecule has 2 heterocycles. The van der Waals surface area contributed by atoms with Crippen molar-refractivity contribution in [1.82, 2.24) is 10.2 Å². The average molecular weight is 312 g/mol. The molecule has 0 bridgehead atoms. The second-order valence-electron chi connectivity index (χ2n) is 7.73. The molecule has 1 amide bonds. The summed E-state index contributed by atoms with van der Waals surface area (Å²) in [5.41, 5.74) is -0.442. The Kier molecular flexibility index (Phi) is 6.09. The molecule has 0 saturated carbocycles. The predicted molar refractivity (Wildman–Crippen MR) is 87.0 cm³/mol. The van der Waals surface area contributed by atoms with Gasteiger partial charge < -0.3 is 19.7 Å². The first-order chi connectivity index (χ1) is 10.3. The van der Waals surface area contributed by atoms with Crippen molar-refractivity contribution in [2.75, 3.05) is 26.2 Å². The molecule has 2 aliphatic rings. The van der Waals surface area contributed by atoms with E-state index in [-0.39, 0.29) is 12.1 Å². The van der Waals surface area contributed by atoms with E-state index < -0.39 is 5.60 Å². The number of carbonyl (C=O) groups excluding carboxylic acids is 1. The number of nitrogens with zero attached hydrogens (tertiary/aromatic N) is 1. The third-order valence-electron chi connectivity index (χ3n) is 4.48. The molecule has 0 aromatic rings. The van der Waals surface area contributed by atoms with Gasteiger partial charge in [-0.1, -0.05) is 0 Å². The van der Waals surface area contributed by atoms with E-state index in [1.165, 1.54) is 25.7 Å². The van der Waals surface area contributed by atoms with Crippen LogP contribution in [0.4, 0.5) is 4.79 Å². The molecule has 2 rings (SSSR count). The SMILES string of the molecule is CC(NC(=O)OC(C)(C)C)C1CCCN(CC2CCCO2)C1. The van der Waals surface area contributed by atoms with E-state index in [0.29, 0.717) is 12.0 Å². The highest BCUT2D eigenvalue weighted by molar-refractivity contribution is 5.68. The molecule has 3 atom stereocenters. The molecule has 0 aromatic heterocycles. The second-order valence-corrected chi connectivity index (χ2v) is 7.73. The summed E-state index contributed by atoms with van der Waals surface area (Å²) in [6.45, 7) is 11.9. The molecule has 128 valence electrons. The van der Waals surface area contributed by atoms with Crippen LogP contribution in [0.2, 0.25) is 0 Å². The molecule has 3 unspecified atom stereocenters. The summed E-state index contributed by atoms with van der Waals surface area (Å²) in [6, 6.07) is 0.141. The highest BCUT2D eigenvalue weighted by Gasteiger charge is 2.29. The third-order valence-corrected chi connectivity index (χ3v) is 4.48. The molecule has 0 spiro atoms. The van der Waals surface area contributed by atoms with Gasteiger partial charge in [-0.2, -0.15) is 0 Å². The lowest BCUT2D eigenvalue weighted by molar-refractivity contribution is 0.0398. The fraction of sp³-hybridized carbons (Fsp3) is 0.941. The van der Waals surface area contributed by atoms with E-state index in [1.54, 1.807) is 0 Å². The van der Waals surface area contributed by atoms with Crippen molar-refractivity contribution in [3.05, 3.63) is 0 Å². The van der Waals surface area contributed by atoms with Crippen molar-refractivity contribution in [2.45, 2.75) is 71.1 Å². The molecule has 1 N–H and O–H groups in total. The van der Waals surface area contributed by atoms with Gasteiger partial charge in [0.15, 0.2) is 0 Å². The van der Waals surface area contributed by atoms with Gasteiger partial charge in [0.1, 0.15) is 5.60 Å². The number of hydrogen-bond acceptors (Lipinski definition) is 4. The number of nitrogens with one attached hydrogen (secondary N) is 1. The standard InChI is InChI=1S/C17H32N2O3/c1-13(18-16(20)22-17(2,3)4)14-7-5-9-19(11-14)12-15-8-6-10-21-15/h13-15H,5-12H2,1-4H3,(H,18,20). The minimum Gasteiger partial charge on any atom is -0.444 e. The largest absolute Gasteiger partial charge is 0.444 e. The Morgan fingerprint density at radius 1 is 1.36 bits per heavy atom. The summed E-state index contributed by atoms with van der Waals surface area (Å²) in [4.78, 5) is 14.4. The number of likely N-dealkylation sites (tertiary alicyclic amines) is 1. The van der Waals surface area contributed by atoms with Crippen molar-refractivity contribution in [3.63, 3.8) is 0 Å². The lowest BCUT2D eigenvalue weighted by atomic mass is 9.91. The van der Waals surface area contributed by atoms with Crippen LogP contribution in [-0.2, 0) is 9.47 Å². The van der Waals surface area contributed by atoms with Crippen LogP contribution in [0.25, 0.3) is 0 Å². The molecule has 5 nitrogen and oxygen atoms in total. The van der Waals surface area contributed by atoms with Gasteiger partial charge in [-0.05, 0) is 65.8 Å². The van der Waals surface area contributed by atoms with Gasteiger partial charge >= 0.3 is 6.09 Å². The maximum absolute atomic E-state index is 11.9. The number of amides is 1. The first-order valence-electron chi connectivity index (χ1n) is 8.67. The normalized spacial score (nSPS) is 28.4. The van der Waals surface area contributed by atoms with Crippen LogP contribution < -0.4 is 5.32 Å². The number of ether oxygens (including phenoxy) is 2. The van der Waals surface area contributed by atoms with Crippen LogP contribution in [0.3, 0.4) is 0 Å². The summed E-state index contributed by atoms with van der Waals surface area (Å²) in [6.07, 6.45) is 4.84. The first kappa shape index (κ1) is 17.5. The number of alkyl carbamates (subject to hydrolysis) is 1. The van der Waals surface area contributed by atoms with Gasteiger partial charge in [-0.25, -0.2) is 4.79 Å². The maximum Gasteiger partial charge on any atom is 0.407 e. The van der Waals surface area contributed by atoms with Gasteiger partial charge in [0.25, 0.3) is 0 Å². The van der Waals surface area contributed by atoms with Gasteiger partial charge in [-0.3, -0.25) is 0 Å². The molecule has 2 saturated heterocycles. The zero-order valence-corrected chi connectivity index (χ0v) is 14.6. The van der Waals surface area contributed by atoms with Crippen LogP contribution in [-0.4, -0.2) is 55.0 Å². The minimum atomic E-state index is -0.442. The Balaban J connectivity index is 1.76. The van der Waals surface area contributed by atoms with Crippen LogP contribution in [0.5, 0.6) is 0 Å². The maximum atomic E-state index is 11.9. The van der Waals surface area contributed by atoms with E-state index in [1.807, 2.05) is 20.8 Å². The summed E-state index contributed by atoms with van der Waals surface area (Å²) < 4.78 is 11.1. The molecule has 22 heavy (non-hydrogen) atoms. The molecular formula is C17H32N2O3. The van der Waals surface area contributed by atoms with Gasteiger partial charge in [0, 0.05) is 25.7 Å². The zero-order valence-electron chi connectivity index (χ0n) is 14.6.